The molecule has 1 atom stereocenters. The van der Waals surface area contributed by atoms with E-state index in [1.54, 1.807) is 7.11 Å². The zero-order valence-corrected chi connectivity index (χ0v) is 13.3. The lowest BCUT2D eigenvalue weighted by atomic mass is 9.90. The fourth-order valence-corrected chi connectivity index (χ4v) is 2.72. The van der Waals surface area contributed by atoms with Gasteiger partial charge in [-0.15, -0.1) is 0 Å². The Kier molecular flexibility index (Phi) is 4.12. The SMILES string of the molecule is COC1(c2ccccc2)C=CN(c2cc(C)nc(N)n2)C=CC1. The minimum atomic E-state index is -0.486. The standard InChI is InChI=1S/C18H20N4O/c1-14-13-16(21-17(19)20-14)22-11-6-9-18(23-2,10-12-22)15-7-4-3-5-8-15/h3-8,10-13H,9H2,1-2H3,(H2,19,20,21). The van der Waals surface area contributed by atoms with Gasteiger partial charge in [-0.05, 0) is 18.6 Å². The van der Waals surface area contributed by atoms with Crippen molar-refractivity contribution >= 4 is 11.8 Å². The molecule has 5 heteroatoms. The van der Waals surface area contributed by atoms with Crippen LogP contribution in [0.1, 0.15) is 17.7 Å². The number of anilines is 2. The molecule has 2 N–H and O–H groups in total. The zero-order valence-electron chi connectivity index (χ0n) is 13.3. The molecule has 1 aliphatic heterocycles. The quantitative estimate of drug-likeness (QED) is 0.943. The number of nitrogens with two attached hydrogens (primary N) is 1. The van der Waals surface area contributed by atoms with E-state index in [0.717, 1.165) is 23.5 Å². The lowest BCUT2D eigenvalue weighted by Gasteiger charge is -2.28. The van der Waals surface area contributed by atoms with E-state index in [0.29, 0.717) is 0 Å². The Balaban J connectivity index is 1.97. The second kappa shape index (κ2) is 6.22. The monoisotopic (exact) mass is 308 g/mol. The molecule has 1 unspecified atom stereocenters. The third kappa shape index (κ3) is 3.10. The Morgan fingerprint density at radius 1 is 1.17 bits per heavy atom. The van der Waals surface area contributed by atoms with Crippen LogP contribution in [0.4, 0.5) is 11.8 Å². The van der Waals surface area contributed by atoms with E-state index in [9.17, 15) is 0 Å². The van der Waals surface area contributed by atoms with E-state index >= 15 is 0 Å². The number of aromatic nitrogens is 2. The van der Waals surface area contributed by atoms with Crippen LogP contribution in [0, 0.1) is 6.92 Å². The Labute approximate surface area is 136 Å². The molecule has 0 bridgehead atoms. The molecule has 1 aromatic carbocycles. The van der Waals surface area contributed by atoms with Gasteiger partial charge in [-0.1, -0.05) is 36.4 Å². The highest BCUT2D eigenvalue weighted by Crippen LogP contribution is 2.33. The van der Waals surface area contributed by atoms with Gasteiger partial charge in [0, 0.05) is 37.7 Å². The molecule has 23 heavy (non-hydrogen) atoms. The lowest BCUT2D eigenvalue weighted by Crippen LogP contribution is -2.25. The molecule has 0 aliphatic carbocycles. The van der Waals surface area contributed by atoms with Crippen LogP contribution in [0.25, 0.3) is 0 Å². The summed E-state index contributed by atoms with van der Waals surface area (Å²) >= 11 is 0. The molecule has 0 spiro atoms. The molecule has 2 aromatic rings. The van der Waals surface area contributed by atoms with E-state index < -0.39 is 5.60 Å². The fourth-order valence-electron chi connectivity index (χ4n) is 2.72. The molecular formula is C18H20N4O. The summed E-state index contributed by atoms with van der Waals surface area (Å²) in [7, 11) is 1.73. The summed E-state index contributed by atoms with van der Waals surface area (Å²) in [5, 5.41) is 0. The summed E-state index contributed by atoms with van der Waals surface area (Å²) in [6, 6.07) is 12.1. The molecule has 0 amide bonds. The number of hydrogen-bond donors (Lipinski definition) is 1. The third-order valence-electron chi connectivity index (χ3n) is 3.94. The van der Waals surface area contributed by atoms with E-state index in [-0.39, 0.29) is 5.95 Å². The molecule has 0 radical (unpaired) electrons. The van der Waals surface area contributed by atoms with Crippen molar-refractivity contribution in [1.29, 1.82) is 0 Å². The Morgan fingerprint density at radius 2 is 1.96 bits per heavy atom. The topological polar surface area (TPSA) is 64.3 Å². The third-order valence-corrected chi connectivity index (χ3v) is 3.94. The van der Waals surface area contributed by atoms with Crippen molar-refractivity contribution in [2.75, 3.05) is 17.7 Å². The van der Waals surface area contributed by atoms with Crippen molar-refractivity contribution in [3.63, 3.8) is 0 Å². The molecule has 1 aromatic heterocycles. The summed E-state index contributed by atoms with van der Waals surface area (Å²) in [6.07, 6.45) is 8.79. The summed E-state index contributed by atoms with van der Waals surface area (Å²) in [4.78, 5) is 10.3. The minimum Gasteiger partial charge on any atom is -0.369 e. The number of methoxy groups -OCH3 is 1. The van der Waals surface area contributed by atoms with Gasteiger partial charge >= 0.3 is 0 Å². The molecule has 3 rings (SSSR count). The normalized spacial score (nSPS) is 20.5. The van der Waals surface area contributed by atoms with Crippen molar-refractivity contribution < 1.29 is 4.74 Å². The molecule has 0 fully saturated rings. The maximum absolute atomic E-state index is 5.85. The molecule has 0 saturated heterocycles. The average Bonchev–Trinajstić information content (AvgIpc) is 2.78. The van der Waals surface area contributed by atoms with E-state index in [1.807, 2.05) is 48.5 Å². The largest absolute Gasteiger partial charge is 0.369 e. The second-order valence-electron chi connectivity index (χ2n) is 5.50. The highest BCUT2D eigenvalue weighted by Gasteiger charge is 2.29. The van der Waals surface area contributed by atoms with Crippen molar-refractivity contribution in [2.24, 2.45) is 0 Å². The van der Waals surface area contributed by atoms with Crippen molar-refractivity contribution in [1.82, 2.24) is 9.97 Å². The number of nitrogens with zero attached hydrogens (tertiary/aromatic N) is 3. The van der Waals surface area contributed by atoms with Crippen LogP contribution in [0.15, 0.2) is 61.0 Å². The van der Waals surface area contributed by atoms with Gasteiger partial charge in [-0.25, -0.2) is 4.98 Å². The van der Waals surface area contributed by atoms with Gasteiger partial charge in [-0.3, -0.25) is 0 Å². The first-order chi connectivity index (χ1) is 11.1. The smallest absolute Gasteiger partial charge is 0.222 e. The van der Waals surface area contributed by atoms with E-state index in [4.69, 9.17) is 10.5 Å². The van der Waals surface area contributed by atoms with Crippen LogP contribution in [0.2, 0.25) is 0 Å². The predicted molar refractivity (Wildman–Crippen MR) is 91.7 cm³/mol. The van der Waals surface area contributed by atoms with Gasteiger partial charge in [0.2, 0.25) is 5.95 Å². The number of ether oxygens (including phenoxy) is 1. The summed E-state index contributed by atoms with van der Waals surface area (Å²) in [5.74, 6) is 1.01. The number of benzene rings is 1. The maximum atomic E-state index is 5.85. The molecule has 1 aliphatic rings. The summed E-state index contributed by atoms with van der Waals surface area (Å²) in [6.45, 7) is 1.90. The lowest BCUT2D eigenvalue weighted by molar-refractivity contribution is 0.0319. The molecule has 2 heterocycles. The predicted octanol–water partition coefficient (Wildman–Crippen LogP) is 3.15. The van der Waals surface area contributed by atoms with Gasteiger partial charge in [-0.2, -0.15) is 4.98 Å². The van der Waals surface area contributed by atoms with Gasteiger partial charge in [0.25, 0.3) is 0 Å². The van der Waals surface area contributed by atoms with Gasteiger partial charge in [0.1, 0.15) is 11.4 Å². The van der Waals surface area contributed by atoms with Gasteiger partial charge < -0.3 is 15.4 Å². The van der Waals surface area contributed by atoms with Gasteiger partial charge in [0.05, 0.1) is 0 Å². The first-order valence-corrected chi connectivity index (χ1v) is 7.49. The Morgan fingerprint density at radius 3 is 2.65 bits per heavy atom. The molecular weight excluding hydrogens is 288 g/mol. The fraction of sp³-hybridized carbons (Fsp3) is 0.222. The van der Waals surface area contributed by atoms with Crippen LogP contribution < -0.4 is 10.6 Å². The van der Waals surface area contributed by atoms with Crippen LogP contribution >= 0.6 is 0 Å². The minimum absolute atomic E-state index is 0.270. The van der Waals surface area contributed by atoms with Crippen LogP contribution in [-0.4, -0.2) is 17.1 Å². The van der Waals surface area contributed by atoms with E-state index in [1.165, 1.54) is 0 Å². The maximum Gasteiger partial charge on any atom is 0.222 e. The van der Waals surface area contributed by atoms with E-state index in [2.05, 4.69) is 34.3 Å². The number of hydrogen-bond acceptors (Lipinski definition) is 5. The molecule has 0 saturated carbocycles. The highest BCUT2D eigenvalue weighted by atomic mass is 16.5. The van der Waals surface area contributed by atoms with Crippen molar-refractivity contribution in [3.05, 3.63) is 72.2 Å². The van der Waals surface area contributed by atoms with Crippen molar-refractivity contribution in [2.45, 2.75) is 18.9 Å². The Bertz CT molecular complexity index is 722. The van der Waals surface area contributed by atoms with Crippen LogP contribution in [-0.2, 0) is 10.3 Å². The number of rotatable bonds is 3. The molecule has 118 valence electrons. The van der Waals surface area contributed by atoms with Gasteiger partial charge in [0.15, 0.2) is 0 Å². The zero-order chi connectivity index (χ0) is 16.3. The first-order valence-electron chi connectivity index (χ1n) is 7.49. The van der Waals surface area contributed by atoms with Crippen molar-refractivity contribution in [3.8, 4) is 0 Å². The number of nitrogen functional groups attached to an aromatic ring is 1. The second-order valence-corrected chi connectivity index (χ2v) is 5.50. The number of aryl methyl sites for hydroxylation is 1. The summed E-state index contributed by atoms with van der Waals surface area (Å²) < 4.78 is 5.85. The molecule has 5 nitrogen and oxygen atoms in total. The highest BCUT2D eigenvalue weighted by molar-refractivity contribution is 5.50. The first kappa shape index (κ1) is 15.2. The van der Waals surface area contributed by atoms with Crippen LogP contribution in [0.3, 0.4) is 0 Å². The average molecular weight is 308 g/mol. The Hall–Kier alpha value is -2.66. The summed E-state index contributed by atoms with van der Waals surface area (Å²) in [5.41, 5.74) is 7.22. The van der Waals surface area contributed by atoms with Crippen LogP contribution in [0.5, 0.6) is 0 Å².